The molecule has 0 fully saturated rings. The molecule has 0 aliphatic heterocycles. The molecule has 20 heavy (non-hydrogen) atoms. The van der Waals surface area contributed by atoms with Crippen molar-refractivity contribution in [1.82, 2.24) is 4.98 Å². The number of fused-ring (bicyclic) bond motifs is 1. The first-order valence-electron chi connectivity index (χ1n) is 5.95. The van der Waals surface area contributed by atoms with E-state index in [1.165, 1.54) is 0 Å². The molecule has 0 aliphatic rings. The first kappa shape index (κ1) is 14.3. The zero-order valence-electron chi connectivity index (χ0n) is 10.7. The van der Waals surface area contributed by atoms with Gasteiger partial charge in [0.1, 0.15) is 5.25 Å². The number of carboxylic acid groups (broad SMARTS) is 2. The maximum Gasteiger partial charge on any atom is 0.317 e. The summed E-state index contributed by atoms with van der Waals surface area (Å²) in [6.45, 7) is 1.82. The smallest absolute Gasteiger partial charge is 0.317 e. The van der Waals surface area contributed by atoms with Crippen LogP contribution in [-0.2, 0) is 9.59 Å². The molecule has 2 N–H and O–H groups in total. The largest absolute Gasteiger partial charge is 0.481 e. The molecule has 104 valence electrons. The fraction of sp³-hybridized carbons (Fsp3) is 0.214. The number of nitrogens with zero attached hydrogens (tertiary/aromatic N) is 1. The lowest BCUT2D eigenvalue weighted by atomic mass is 10.2. The van der Waals surface area contributed by atoms with Crippen LogP contribution in [0.5, 0.6) is 0 Å². The van der Waals surface area contributed by atoms with Gasteiger partial charge in [0.15, 0.2) is 0 Å². The topological polar surface area (TPSA) is 87.5 Å². The van der Waals surface area contributed by atoms with Gasteiger partial charge in [0.2, 0.25) is 0 Å². The predicted octanol–water partition coefficient (Wildman–Crippen LogP) is 2.56. The zero-order chi connectivity index (χ0) is 14.7. The number of aryl methyl sites for hydroxylation is 1. The molecule has 0 amide bonds. The Labute approximate surface area is 119 Å². The van der Waals surface area contributed by atoms with Crippen LogP contribution >= 0.6 is 11.8 Å². The molecule has 6 heteroatoms. The van der Waals surface area contributed by atoms with Crippen LogP contribution in [0.2, 0.25) is 0 Å². The van der Waals surface area contributed by atoms with Gasteiger partial charge in [-0.1, -0.05) is 18.2 Å². The quantitative estimate of drug-likeness (QED) is 0.823. The Balaban J connectivity index is 2.41. The second-order valence-corrected chi connectivity index (χ2v) is 5.57. The third-order valence-electron chi connectivity index (χ3n) is 2.71. The minimum absolute atomic E-state index is 0.421. The van der Waals surface area contributed by atoms with Crippen molar-refractivity contribution in [3.05, 3.63) is 36.0 Å². The van der Waals surface area contributed by atoms with E-state index in [1.807, 2.05) is 31.2 Å². The normalized spacial score (nSPS) is 12.2. The monoisotopic (exact) mass is 291 g/mol. The number of carbonyl (C=O) groups is 2. The van der Waals surface area contributed by atoms with Crippen LogP contribution in [0.1, 0.15) is 12.1 Å². The fourth-order valence-electron chi connectivity index (χ4n) is 1.86. The van der Waals surface area contributed by atoms with Crippen LogP contribution < -0.4 is 0 Å². The number of hydrogen-bond donors (Lipinski definition) is 2. The summed E-state index contributed by atoms with van der Waals surface area (Å²) in [5.74, 6) is -2.25. The molecule has 2 rings (SSSR count). The summed E-state index contributed by atoms with van der Waals surface area (Å²) in [4.78, 5) is 27.0. The Bertz CT molecular complexity index is 671. The van der Waals surface area contributed by atoms with Gasteiger partial charge < -0.3 is 10.2 Å². The Kier molecular flexibility index (Phi) is 4.24. The van der Waals surface area contributed by atoms with Crippen molar-refractivity contribution in [2.75, 3.05) is 0 Å². The SMILES string of the molecule is Cc1cc(S[C@H](CC(=O)O)C(=O)O)c2ccccc2n1. The second kappa shape index (κ2) is 5.92. The highest BCUT2D eigenvalue weighted by Gasteiger charge is 2.23. The molecule has 1 heterocycles. The Morgan fingerprint density at radius 3 is 2.65 bits per heavy atom. The number of rotatable bonds is 5. The molecule has 5 nitrogen and oxygen atoms in total. The van der Waals surface area contributed by atoms with Gasteiger partial charge in [0, 0.05) is 16.0 Å². The number of aliphatic carboxylic acids is 2. The van der Waals surface area contributed by atoms with E-state index in [4.69, 9.17) is 10.2 Å². The molecule has 0 bridgehead atoms. The average molecular weight is 291 g/mol. The van der Waals surface area contributed by atoms with Crippen LogP contribution in [0.25, 0.3) is 10.9 Å². The van der Waals surface area contributed by atoms with Crippen LogP contribution in [0, 0.1) is 6.92 Å². The second-order valence-electron chi connectivity index (χ2n) is 4.32. The number of para-hydroxylation sites is 1. The van der Waals surface area contributed by atoms with Gasteiger partial charge in [-0.15, -0.1) is 11.8 Å². The van der Waals surface area contributed by atoms with Crippen LogP contribution in [0.15, 0.2) is 35.2 Å². The third kappa shape index (κ3) is 3.27. The van der Waals surface area contributed by atoms with E-state index < -0.39 is 23.6 Å². The van der Waals surface area contributed by atoms with Gasteiger partial charge in [0.05, 0.1) is 11.9 Å². The summed E-state index contributed by atoms with van der Waals surface area (Å²) in [5.41, 5.74) is 1.54. The number of benzene rings is 1. The van der Waals surface area contributed by atoms with Crippen molar-refractivity contribution in [3.63, 3.8) is 0 Å². The highest BCUT2D eigenvalue weighted by atomic mass is 32.2. The molecular weight excluding hydrogens is 278 g/mol. The van der Waals surface area contributed by atoms with Crippen LogP contribution in [0.3, 0.4) is 0 Å². The Morgan fingerprint density at radius 2 is 2.00 bits per heavy atom. The molecule has 0 spiro atoms. The van der Waals surface area contributed by atoms with E-state index in [9.17, 15) is 9.59 Å². The van der Waals surface area contributed by atoms with E-state index in [-0.39, 0.29) is 0 Å². The first-order chi connectivity index (χ1) is 9.47. The molecule has 1 aromatic heterocycles. The lowest BCUT2D eigenvalue weighted by Crippen LogP contribution is -2.20. The summed E-state index contributed by atoms with van der Waals surface area (Å²) < 4.78 is 0. The van der Waals surface area contributed by atoms with Crippen LogP contribution in [0.4, 0.5) is 0 Å². The molecule has 1 atom stereocenters. The zero-order valence-corrected chi connectivity index (χ0v) is 11.6. The molecule has 0 saturated carbocycles. The summed E-state index contributed by atoms with van der Waals surface area (Å²) in [5, 5.41) is 17.7. The number of carboxylic acids is 2. The molecule has 2 aromatic rings. The minimum atomic E-state index is -1.13. The summed E-state index contributed by atoms with van der Waals surface area (Å²) in [6.07, 6.45) is -0.421. The third-order valence-corrected chi connectivity index (χ3v) is 3.96. The minimum Gasteiger partial charge on any atom is -0.481 e. The lowest BCUT2D eigenvalue weighted by molar-refractivity contribution is -0.142. The maximum atomic E-state index is 11.2. The molecule has 0 saturated heterocycles. The Morgan fingerprint density at radius 1 is 1.30 bits per heavy atom. The number of aromatic nitrogens is 1. The van der Waals surface area contributed by atoms with E-state index in [0.717, 1.165) is 33.3 Å². The Hall–Kier alpha value is -2.08. The van der Waals surface area contributed by atoms with Crippen molar-refractivity contribution in [1.29, 1.82) is 0 Å². The number of pyridine rings is 1. The van der Waals surface area contributed by atoms with Crippen molar-refractivity contribution in [2.24, 2.45) is 0 Å². The van der Waals surface area contributed by atoms with E-state index in [0.29, 0.717) is 0 Å². The van der Waals surface area contributed by atoms with Gasteiger partial charge in [0.25, 0.3) is 0 Å². The van der Waals surface area contributed by atoms with Gasteiger partial charge in [-0.25, -0.2) is 0 Å². The summed E-state index contributed by atoms with van der Waals surface area (Å²) >= 11 is 1.05. The number of hydrogen-bond acceptors (Lipinski definition) is 4. The van der Waals surface area contributed by atoms with Crippen molar-refractivity contribution in [2.45, 2.75) is 23.5 Å². The lowest BCUT2D eigenvalue weighted by Gasteiger charge is -2.12. The molecule has 0 aliphatic carbocycles. The molecule has 0 unspecified atom stereocenters. The highest BCUT2D eigenvalue weighted by molar-refractivity contribution is 8.00. The maximum absolute atomic E-state index is 11.2. The van der Waals surface area contributed by atoms with E-state index >= 15 is 0 Å². The van der Waals surface area contributed by atoms with E-state index in [2.05, 4.69) is 4.98 Å². The van der Waals surface area contributed by atoms with Gasteiger partial charge >= 0.3 is 11.9 Å². The number of thioether (sulfide) groups is 1. The standard InChI is InChI=1S/C14H13NO4S/c1-8-6-11(9-4-2-3-5-10(9)15-8)20-12(14(18)19)7-13(16)17/h2-6,12H,7H2,1H3,(H,16,17)(H,18,19)/t12-/m1/s1. The van der Waals surface area contributed by atoms with E-state index in [1.54, 1.807) is 6.07 Å². The molecule has 1 aromatic carbocycles. The first-order valence-corrected chi connectivity index (χ1v) is 6.83. The van der Waals surface area contributed by atoms with Crippen molar-refractivity contribution in [3.8, 4) is 0 Å². The predicted molar refractivity (Wildman–Crippen MR) is 76.0 cm³/mol. The van der Waals surface area contributed by atoms with Crippen molar-refractivity contribution >= 4 is 34.6 Å². The van der Waals surface area contributed by atoms with Crippen molar-refractivity contribution < 1.29 is 19.8 Å². The van der Waals surface area contributed by atoms with Gasteiger partial charge in [-0.05, 0) is 19.1 Å². The summed E-state index contributed by atoms with van der Waals surface area (Å²) in [7, 11) is 0. The van der Waals surface area contributed by atoms with Gasteiger partial charge in [-0.2, -0.15) is 0 Å². The summed E-state index contributed by atoms with van der Waals surface area (Å²) in [6, 6.07) is 9.18. The van der Waals surface area contributed by atoms with Gasteiger partial charge in [-0.3, -0.25) is 14.6 Å². The highest BCUT2D eigenvalue weighted by Crippen LogP contribution is 2.32. The average Bonchev–Trinajstić information content (AvgIpc) is 2.37. The van der Waals surface area contributed by atoms with Crippen LogP contribution in [-0.4, -0.2) is 32.4 Å². The molecular formula is C14H13NO4S. The molecule has 0 radical (unpaired) electrons. The fourth-order valence-corrected chi connectivity index (χ4v) is 3.03.